The van der Waals surface area contributed by atoms with Crippen molar-refractivity contribution in [3.8, 4) is 5.75 Å². The number of carbonyl (C=O) groups is 1. The summed E-state index contributed by atoms with van der Waals surface area (Å²) in [6.45, 7) is 0. The molecule has 0 bridgehead atoms. The molecule has 68 valence electrons. The molecule has 1 atom stereocenters. The van der Waals surface area contributed by atoms with Crippen LogP contribution in [0.25, 0.3) is 0 Å². The van der Waals surface area contributed by atoms with Gasteiger partial charge < -0.3 is 10.2 Å². The molecule has 1 aromatic rings. The summed E-state index contributed by atoms with van der Waals surface area (Å²) in [6.07, 6.45) is 1.13. The highest BCUT2D eigenvalue weighted by atomic mass is 16.4. The number of rotatable bonds is 1. The summed E-state index contributed by atoms with van der Waals surface area (Å²) in [5, 5.41) is 18.0. The van der Waals surface area contributed by atoms with Crippen molar-refractivity contribution in [2.75, 3.05) is 0 Å². The van der Waals surface area contributed by atoms with Gasteiger partial charge in [0, 0.05) is 0 Å². The fraction of sp³-hybridized carbons (Fsp3) is 0.300. The van der Waals surface area contributed by atoms with Gasteiger partial charge >= 0.3 is 5.97 Å². The first kappa shape index (κ1) is 8.10. The standard InChI is InChI=1S/C10H10O3/c11-9-2-1-6-3-8(10(12)13)4-7(6)5-9/h1-2,5,8,11H,3-4H2,(H,12,13). The molecule has 0 radical (unpaired) electrons. The Balaban J connectivity index is 2.30. The van der Waals surface area contributed by atoms with Gasteiger partial charge in [-0.3, -0.25) is 4.79 Å². The second-order valence-corrected chi connectivity index (χ2v) is 3.40. The van der Waals surface area contributed by atoms with Gasteiger partial charge in [-0.2, -0.15) is 0 Å². The summed E-state index contributed by atoms with van der Waals surface area (Å²) in [5.74, 6) is -0.850. The van der Waals surface area contributed by atoms with Gasteiger partial charge in [-0.1, -0.05) is 6.07 Å². The fourth-order valence-corrected chi connectivity index (χ4v) is 1.78. The molecular weight excluding hydrogens is 168 g/mol. The third kappa shape index (κ3) is 1.37. The van der Waals surface area contributed by atoms with Gasteiger partial charge in [-0.25, -0.2) is 0 Å². The largest absolute Gasteiger partial charge is 0.508 e. The first-order chi connectivity index (χ1) is 6.16. The van der Waals surface area contributed by atoms with Crippen LogP contribution in [0.1, 0.15) is 11.1 Å². The molecule has 3 nitrogen and oxygen atoms in total. The fourth-order valence-electron chi connectivity index (χ4n) is 1.78. The minimum atomic E-state index is -0.754. The molecule has 0 fully saturated rings. The zero-order chi connectivity index (χ0) is 9.42. The molecule has 0 amide bonds. The predicted octanol–water partition coefficient (Wildman–Crippen LogP) is 1.19. The van der Waals surface area contributed by atoms with E-state index in [1.807, 2.05) is 0 Å². The van der Waals surface area contributed by atoms with E-state index < -0.39 is 5.97 Å². The number of aliphatic carboxylic acids is 1. The summed E-state index contributed by atoms with van der Waals surface area (Å²) < 4.78 is 0. The SMILES string of the molecule is O=C(O)C1Cc2ccc(O)cc2C1. The van der Waals surface area contributed by atoms with Crippen LogP contribution in [0.3, 0.4) is 0 Å². The Morgan fingerprint density at radius 3 is 2.69 bits per heavy atom. The number of benzene rings is 1. The number of hydrogen-bond donors (Lipinski definition) is 2. The van der Waals surface area contributed by atoms with Crippen LogP contribution in [0, 0.1) is 5.92 Å². The van der Waals surface area contributed by atoms with Gasteiger partial charge in [0.2, 0.25) is 0 Å². The molecule has 0 saturated heterocycles. The van der Waals surface area contributed by atoms with Gasteiger partial charge in [0.1, 0.15) is 5.75 Å². The highest BCUT2D eigenvalue weighted by Crippen LogP contribution is 2.29. The highest BCUT2D eigenvalue weighted by molar-refractivity contribution is 5.72. The van der Waals surface area contributed by atoms with Crippen molar-refractivity contribution in [3.05, 3.63) is 29.3 Å². The Bertz CT molecular complexity index is 357. The molecule has 1 aromatic carbocycles. The molecule has 0 aliphatic heterocycles. The first-order valence-electron chi connectivity index (χ1n) is 4.20. The number of hydrogen-bond acceptors (Lipinski definition) is 2. The molecule has 3 heteroatoms. The van der Waals surface area contributed by atoms with E-state index in [9.17, 15) is 9.90 Å². The molecular formula is C10H10O3. The summed E-state index contributed by atoms with van der Waals surface area (Å²) in [4.78, 5) is 10.7. The molecule has 0 saturated carbocycles. The van der Waals surface area contributed by atoms with Gasteiger partial charge in [0.05, 0.1) is 5.92 Å². The van der Waals surface area contributed by atoms with Gasteiger partial charge in [0.25, 0.3) is 0 Å². The Morgan fingerprint density at radius 1 is 1.31 bits per heavy atom. The molecule has 1 aliphatic carbocycles. The summed E-state index contributed by atoms with van der Waals surface area (Å²) in [5.41, 5.74) is 2.01. The number of carboxylic acids is 1. The lowest BCUT2D eigenvalue weighted by atomic mass is 10.1. The van der Waals surface area contributed by atoms with Crippen molar-refractivity contribution in [3.63, 3.8) is 0 Å². The van der Waals surface area contributed by atoms with E-state index in [2.05, 4.69) is 0 Å². The monoisotopic (exact) mass is 178 g/mol. The number of fused-ring (bicyclic) bond motifs is 1. The third-order valence-corrected chi connectivity index (χ3v) is 2.47. The van der Waals surface area contributed by atoms with Crippen LogP contribution in [0.5, 0.6) is 5.75 Å². The Kier molecular flexibility index (Phi) is 1.72. The molecule has 2 rings (SSSR count). The Labute approximate surface area is 75.6 Å². The van der Waals surface area contributed by atoms with Crippen LogP contribution < -0.4 is 0 Å². The van der Waals surface area contributed by atoms with Gasteiger partial charge in [-0.05, 0) is 36.1 Å². The highest BCUT2D eigenvalue weighted by Gasteiger charge is 2.26. The van der Waals surface area contributed by atoms with Crippen LogP contribution in [0.15, 0.2) is 18.2 Å². The maximum atomic E-state index is 10.7. The van der Waals surface area contributed by atoms with Crippen molar-refractivity contribution in [1.29, 1.82) is 0 Å². The van der Waals surface area contributed by atoms with Crippen molar-refractivity contribution >= 4 is 5.97 Å². The van der Waals surface area contributed by atoms with E-state index in [0.717, 1.165) is 11.1 Å². The lowest BCUT2D eigenvalue weighted by Crippen LogP contribution is -2.12. The van der Waals surface area contributed by atoms with Gasteiger partial charge in [-0.15, -0.1) is 0 Å². The van der Waals surface area contributed by atoms with Crippen LogP contribution in [-0.2, 0) is 17.6 Å². The minimum absolute atomic E-state index is 0.213. The van der Waals surface area contributed by atoms with E-state index in [-0.39, 0.29) is 11.7 Å². The first-order valence-corrected chi connectivity index (χ1v) is 4.20. The molecule has 13 heavy (non-hydrogen) atoms. The number of phenols is 1. The maximum absolute atomic E-state index is 10.7. The Hall–Kier alpha value is -1.51. The summed E-state index contributed by atoms with van der Waals surface area (Å²) in [7, 11) is 0. The predicted molar refractivity (Wildman–Crippen MR) is 46.6 cm³/mol. The Morgan fingerprint density at radius 2 is 2.00 bits per heavy atom. The average molecular weight is 178 g/mol. The lowest BCUT2D eigenvalue weighted by Gasteiger charge is -1.98. The number of phenolic OH excluding ortho intramolecular Hbond substituents is 1. The van der Waals surface area contributed by atoms with E-state index in [1.54, 1.807) is 18.2 Å². The van der Waals surface area contributed by atoms with E-state index in [1.165, 1.54) is 0 Å². The van der Waals surface area contributed by atoms with Crippen LogP contribution in [-0.4, -0.2) is 16.2 Å². The maximum Gasteiger partial charge on any atom is 0.307 e. The van der Waals surface area contributed by atoms with Crippen LogP contribution in [0.2, 0.25) is 0 Å². The molecule has 0 spiro atoms. The van der Waals surface area contributed by atoms with Crippen LogP contribution in [0.4, 0.5) is 0 Å². The van der Waals surface area contributed by atoms with Crippen LogP contribution >= 0.6 is 0 Å². The van der Waals surface area contributed by atoms with E-state index >= 15 is 0 Å². The topological polar surface area (TPSA) is 57.5 Å². The number of carboxylic acid groups (broad SMARTS) is 1. The normalized spacial score (nSPS) is 19.8. The third-order valence-electron chi connectivity index (χ3n) is 2.47. The van der Waals surface area contributed by atoms with Crippen molar-refractivity contribution < 1.29 is 15.0 Å². The molecule has 0 aromatic heterocycles. The summed E-state index contributed by atoms with van der Waals surface area (Å²) >= 11 is 0. The van der Waals surface area contributed by atoms with Crippen molar-refractivity contribution in [2.24, 2.45) is 5.92 Å². The number of aromatic hydroxyl groups is 1. The lowest BCUT2D eigenvalue weighted by molar-refractivity contribution is -0.141. The smallest absolute Gasteiger partial charge is 0.307 e. The molecule has 1 unspecified atom stereocenters. The molecule has 1 aliphatic rings. The van der Waals surface area contributed by atoms with Crippen molar-refractivity contribution in [1.82, 2.24) is 0 Å². The quantitative estimate of drug-likeness (QED) is 0.679. The summed E-state index contributed by atoms with van der Waals surface area (Å²) in [6, 6.07) is 5.05. The molecule has 2 N–H and O–H groups in total. The second-order valence-electron chi connectivity index (χ2n) is 3.40. The minimum Gasteiger partial charge on any atom is -0.508 e. The van der Waals surface area contributed by atoms with Gasteiger partial charge in [0.15, 0.2) is 0 Å². The zero-order valence-electron chi connectivity index (χ0n) is 7.03. The van der Waals surface area contributed by atoms with E-state index in [4.69, 9.17) is 5.11 Å². The molecule has 0 heterocycles. The zero-order valence-corrected chi connectivity index (χ0v) is 7.03. The second kappa shape index (κ2) is 2.76. The average Bonchev–Trinajstić information content (AvgIpc) is 2.46. The van der Waals surface area contributed by atoms with E-state index in [0.29, 0.717) is 12.8 Å². The van der Waals surface area contributed by atoms with Crippen molar-refractivity contribution in [2.45, 2.75) is 12.8 Å².